The summed E-state index contributed by atoms with van der Waals surface area (Å²) < 4.78 is 5.15. The van der Waals surface area contributed by atoms with Crippen LogP contribution in [-0.4, -0.2) is 29.8 Å². The predicted octanol–water partition coefficient (Wildman–Crippen LogP) is 2.95. The van der Waals surface area contributed by atoms with Gasteiger partial charge < -0.3 is 9.84 Å². The molecule has 3 rings (SSSR count). The molecule has 0 radical (unpaired) electrons. The summed E-state index contributed by atoms with van der Waals surface area (Å²) >= 11 is 0. The number of cyclic esters (lactones) is 1. The van der Waals surface area contributed by atoms with Gasteiger partial charge in [-0.2, -0.15) is 0 Å². The third-order valence-electron chi connectivity index (χ3n) is 3.67. The summed E-state index contributed by atoms with van der Waals surface area (Å²) in [6, 6.07) is 16.0. The van der Waals surface area contributed by atoms with Gasteiger partial charge in [0, 0.05) is 5.69 Å². The summed E-state index contributed by atoms with van der Waals surface area (Å²) in [5, 5.41) is 8.93. The first-order valence-electron chi connectivity index (χ1n) is 6.98. The average molecular weight is 297 g/mol. The highest BCUT2D eigenvalue weighted by molar-refractivity contribution is 5.92. The number of carboxylic acid groups (broad SMARTS) is 1. The quantitative estimate of drug-likeness (QED) is 0.942. The van der Waals surface area contributed by atoms with Gasteiger partial charge in [0.25, 0.3) is 0 Å². The Hall–Kier alpha value is -2.82. The Morgan fingerprint density at radius 2 is 1.82 bits per heavy atom. The number of rotatable bonds is 4. The monoisotopic (exact) mass is 297 g/mol. The van der Waals surface area contributed by atoms with Gasteiger partial charge in [-0.05, 0) is 36.2 Å². The number of carbonyl (C=O) groups excluding carboxylic acids is 1. The molecule has 0 unspecified atom stereocenters. The van der Waals surface area contributed by atoms with E-state index in [2.05, 4.69) is 0 Å². The average Bonchev–Trinajstić information content (AvgIpc) is 2.89. The van der Waals surface area contributed by atoms with E-state index in [4.69, 9.17) is 9.84 Å². The molecule has 1 saturated heterocycles. The van der Waals surface area contributed by atoms with E-state index < -0.39 is 12.1 Å². The van der Waals surface area contributed by atoms with Crippen molar-refractivity contribution in [1.82, 2.24) is 0 Å². The van der Waals surface area contributed by atoms with Gasteiger partial charge in [-0.25, -0.2) is 9.59 Å². The van der Waals surface area contributed by atoms with Gasteiger partial charge in [0.15, 0.2) is 0 Å². The van der Waals surface area contributed by atoms with Gasteiger partial charge >= 0.3 is 12.1 Å². The zero-order chi connectivity index (χ0) is 15.5. The van der Waals surface area contributed by atoms with Crippen molar-refractivity contribution in [2.75, 3.05) is 11.5 Å². The van der Waals surface area contributed by atoms with Crippen LogP contribution in [0.4, 0.5) is 10.5 Å². The fourth-order valence-corrected chi connectivity index (χ4v) is 2.58. The van der Waals surface area contributed by atoms with Crippen molar-refractivity contribution in [3.8, 4) is 0 Å². The standard InChI is InChI=1S/C17H15NO4/c19-16(20)13-6-8-14(9-7-13)18-15(11-22-17(18)21)10-12-4-2-1-3-5-12/h1-9,15H,10-11H2,(H,19,20)/t15-/m1/s1. The first kappa shape index (κ1) is 14.1. The second kappa shape index (κ2) is 5.89. The first-order chi connectivity index (χ1) is 10.6. The van der Waals surface area contributed by atoms with Crippen LogP contribution in [0.15, 0.2) is 54.6 Å². The van der Waals surface area contributed by atoms with E-state index >= 15 is 0 Å². The van der Waals surface area contributed by atoms with Crippen LogP contribution in [0.25, 0.3) is 0 Å². The molecule has 5 heteroatoms. The lowest BCUT2D eigenvalue weighted by Crippen LogP contribution is -2.35. The number of hydrogen-bond acceptors (Lipinski definition) is 3. The molecule has 1 N–H and O–H groups in total. The van der Waals surface area contributed by atoms with Gasteiger partial charge in [0.1, 0.15) is 6.61 Å². The van der Waals surface area contributed by atoms with Crippen LogP contribution in [0.5, 0.6) is 0 Å². The molecule has 0 aromatic heterocycles. The first-order valence-corrected chi connectivity index (χ1v) is 6.98. The summed E-state index contributed by atoms with van der Waals surface area (Å²) in [5.74, 6) is -0.989. The van der Waals surface area contributed by atoms with Crippen LogP contribution in [0.1, 0.15) is 15.9 Å². The number of carboxylic acids is 1. The molecule has 0 spiro atoms. The number of ether oxygens (including phenoxy) is 1. The van der Waals surface area contributed by atoms with Gasteiger partial charge in [-0.3, -0.25) is 4.90 Å². The van der Waals surface area contributed by atoms with Crippen LogP contribution < -0.4 is 4.90 Å². The van der Waals surface area contributed by atoms with E-state index in [1.165, 1.54) is 12.1 Å². The Bertz CT molecular complexity index is 682. The second-order valence-corrected chi connectivity index (χ2v) is 5.14. The largest absolute Gasteiger partial charge is 0.478 e. The third kappa shape index (κ3) is 2.79. The molecule has 2 aromatic rings. The van der Waals surface area contributed by atoms with Crippen molar-refractivity contribution in [2.45, 2.75) is 12.5 Å². The van der Waals surface area contributed by atoms with Gasteiger partial charge in [-0.15, -0.1) is 0 Å². The minimum Gasteiger partial charge on any atom is -0.478 e. The van der Waals surface area contributed by atoms with Crippen LogP contribution in [0.2, 0.25) is 0 Å². The maximum absolute atomic E-state index is 12.0. The molecule has 0 aliphatic carbocycles. The van der Waals surface area contributed by atoms with Crippen LogP contribution in [-0.2, 0) is 11.2 Å². The molecule has 5 nitrogen and oxygen atoms in total. The smallest absolute Gasteiger partial charge is 0.414 e. The van der Waals surface area contributed by atoms with E-state index in [-0.39, 0.29) is 11.6 Å². The van der Waals surface area contributed by atoms with E-state index in [9.17, 15) is 9.59 Å². The lowest BCUT2D eigenvalue weighted by molar-refractivity contribution is 0.0697. The van der Waals surface area contributed by atoms with Crippen LogP contribution >= 0.6 is 0 Å². The van der Waals surface area contributed by atoms with Crippen molar-refractivity contribution < 1.29 is 19.4 Å². The maximum Gasteiger partial charge on any atom is 0.414 e. The second-order valence-electron chi connectivity index (χ2n) is 5.14. The number of anilines is 1. The fraction of sp³-hybridized carbons (Fsp3) is 0.176. The highest BCUT2D eigenvalue weighted by atomic mass is 16.6. The normalized spacial score (nSPS) is 17.4. The molecule has 112 valence electrons. The summed E-state index contributed by atoms with van der Waals surface area (Å²) in [7, 11) is 0. The molecular formula is C17H15NO4. The Kier molecular flexibility index (Phi) is 3.78. The van der Waals surface area contributed by atoms with Gasteiger partial charge in [0.2, 0.25) is 0 Å². The van der Waals surface area contributed by atoms with Crippen LogP contribution in [0.3, 0.4) is 0 Å². The van der Waals surface area contributed by atoms with Crippen molar-refractivity contribution >= 4 is 17.7 Å². The number of aromatic carboxylic acids is 1. The van der Waals surface area contributed by atoms with E-state index in [1.54, 1.807) is 17.0 Å². The summed E-state index contributed by atoms with van der Waals surface area (Å²) in [4.78, 5) is 24.5. The molecule has 1 amide bonds. The predicted molar refractivity (Wildman–Crippen MR) is 81.2 cm³/mol. The molecule has 1 atom stereocenters. The molecule has 1 aliphatic rings. The number of hydrogen-bond donors (Lipinski definition) is 1. The number of benzene rings is 2. The zero-order valence-electron chi connectivity index (χ0n) is 11.8. The van der Waals surface area contributed by atoms with Crippen molar-refractivity contribution in [3.63, 3.8) is 0 Å². The minimum atomic E-state index is -0.989. The topological polar surface area (TPSA) is 66.8 Å². The lowest BCUT2D eigenvalue weighted by Gasteiger charge is -2.21. The number of amides is 1. The van der Waals surface area contributed by atoms with E-state index in [0.29, 0.717) is 18.7 Å². The van der Waals surface area contributed by atoms with Gasteiger partial charge in [-0.1, -0.05) is 30.3 Å². The summed E-state index contributed by atoms with van der Waals surface area (Å²) in [6.45, 7) is 0.328. The highest BCUT2D eigenvalue weighted by Crippen LogP contribution is 2.25. The Balaban J connectivity index is 1.83. The minimum absolute atomic E-state index is 0.0921. The summed E-state index contributed by atoms with van der Waals surface area (Å²) in [5.41, 5.74) is 1.96. The number of nitrogens with zero attached hydrogens (tertiary/aromatic N) is 1. The fourth-order valence-electron chi connectivity index (χ4n) is 2.58. The van der Waals surface area contributed by atoms with Gasteiger partial charge in [0.05, 0.1) is 11.6 Å². The number of carbonyl (C=O) groups is 2. The molecule has 1 aliphatic heterocycles. The third-order valence-corrected chi connectivity index (χ3v) is 3.67. The molecule has 1 heterocycles. The maximum atomic E-state index is 12.0. The Labute approximate surface area is 127 Å². The molecule has 2 aromatic carbocycles. The lowest BCUT2D eigenvalue weighted by atomic mass is 10.1. The summed E-state index contributed by atoms with van der Waals surface area (Å²) in [6.07, 6.45) is 0.289. The Morgan fingerprint density at radius 1 is 1.14 bits per heavy atom. The van der Waals surface area contributed by atoms with Crippen molar-refractivity contribution in [2.24, 2.45) is 0 Å². The molecule has 22 heavy (non-hydrogen) atoms. The van der Waals surface area contributed by atoms with E-state index in [0.717, 1.165) is 5.56 Å². The molecule has 0 saturated carbocycles. The van der Waals surface area contributed by atoms with Crippen LogP contribution in [0, 0.1) is 0 Å². The van der Waals surface area contributed by atoms with E-state index in [1.807, 2.05) is 30.3 Å². The van der Waals surface area contributed by atoms with Crippen molar-refractivity contribution in [1.29, 1.82) is 0 Å². The van der Waals surface area contributed by atoms with Crippen molar-refractivity contribution in [3.05, 3.63) is 65.7 Å². The molecule has 0 bridgehead atoms. The zero-order valence-corrected chi connectivity index (χ0v) is 11.8. The molecular weight excluding hydrogens is 282 g/mol. The Morgan fingerprint density at radius 3 is 2.45 bits per heavy atom. The SMILES string of the molecule is O=C(O)c1ccc(N2C(=O)OC[C@H]2Cc2ccccc2)cc1. The highest BCUT2D eigenvalue weighted by Gasteiger charge is 2.34. The molecule has 1 fully saturated rings.